The fourth-order valence-electron chi connectivity index (χ4n) is 2.32. The van der Waals surface area contributed by atoms with Crippen LogP contribution in [0, 0.1) is 0 Å². The van der Waals surface area contributed by atoms with Gasteiger partial charge in [0.15, 0.2) is 5.11 Å². The number of aromatic nitrogens is 2. The molecule has 28 heavy (non-hydrogen) atoms. The van der Waals surface area contributed by atoms with Crippen LogP contribution in [0.1, 0.15) is 0 Å². The Balaban J connectivity index is 1.68. The van der Waals surface area contributed by atoms with Crippen molar-refractivity contribution >= 4 is 49.9 Å². The van der Waals surface area contributed by atoms with Crippen LogP contribution < -0.4 is 10.6 Å². The Morgan fingerprint density at radius 1 is 1.14 bits per heavy atom. The van der Waals surface area contributed by atoms with Crippen molar-refractivity contribution in [2.75, 3.05) is 25.6 Å². The van der Waals surface area contributed by atoms with Crippen molar-refractivity contribution in [1.82, 2.24) is 15.3 Å². The fourth-order valence-corrected chi connectivity index (χ4v) is 3.46. The van der Waals surface area contributed by atoms with Crippen LogP contribution in [-0.4, -0.2) is 43.8 Å². The molecule has 2 aromatic carbocycles. The minimum absolute atomic E-state index is 0.0319. The number of hydrogen-bond donors (Lipinski definition) is 2. The number of thiocarbonyl (C=S) groups is 1. The zero-order chi connectivity index (χ0) is 20.0. The van der Waals surface area contributed by atoms with Gasteiger partial charge in [-0.05, 0) is 53.9 Å². The highest BCUT2D eigenvalue weighted by Gasteiger charge is 2.10. The highest BCUT2D eigenvalue weighted by molar-refractivity contribution is 7.94. The lowest BCUT2D eigenvalue weighted by molar-refractivity contribution is 0.204. The van der Waals surface area contributed by atoms with Crippen LogP contribution in [-0.2, 0) is 14.8 Å². The molecule has 146 valence electrons. The summed E-state index contributed by atoms with van der Waals surface area (Å²) in [5.74, 6) is 0.0319. The molecule has 1 heterocycles. The van der Waals surface area contributed by atoms with Gasteiger partial charge in [0.05, 0.1) is 17.0 Å². The van der Waals surface area contributed by atoms with Gasteiger partial charge >= 0.3 is 0 Å². The number of methoxy groups -OCH3 is 1. The summed E-state index contributed by atoms with van der Waals surface area (Å²) in [5.41, 5.74) is 1.90. The van der Waals surface area contributed by atoms with Crippen molar-refractivity contribution in [3.05, 3.63) is 59.4 Å². The molecule has 0 bridgehead atoms. The molecule has 2 N–H and O–H groups in total. The average molecular weight is 417 g/mol. The molecule has 0 radical (unpaired) electrons. The van der Waals surface area contributed by atoms with Crippen LogP contribution >= 0.6 is 12.2 Å². The first-order chi connectivity index (χ1) is 13.5. The van der Waals surface area contributed by atoms with Gasteiger partial charge in [0.25, 0.3) is 0 Å². The number of sulfonamides is 1. The smallest absolute Gasteiger partial charge is 0.202 e. The van der Waals surface area contributed by atoms with Gasteiger partial charge in [-0.25, -0.2) is 8.42 Å². The van der Waals surface area contributed by atoms with Crippen molar-refractivity contribution < 1.29 is 13.2 Å². The Bertz CT molecular complexity index is 1070. The Kier molecular flexibility index (Phi) is 6.34. The van der Waals surface area contributed by atoms with E-state index in [4.69, 9.17) is 17.0 Å². The molecule has 0 aliphatic carbocycles. The van der Waals surface area contributed by atoms with Crippen molar-refractivity contribution in [2.24, 2.45) is 0 Å². The first-order valence-corrected chi connectivity index (χ1v) is 10.2. The van der Waals surface area contributed by atoms with Crippen LogP contribution in [0.15, 0.2) is 59.6 Å². The number of hydrogen-bond acceptors (Lipinski definition) is 6. The number of nitrogens with zero attached hydrogens (tertiary/aromatic N) is 3. The summed E-state index contributed by atoms with van der Waals surface area (Å²) in [6.07, 6.45) is 1.33. The van der Waals surface area contributed by atoms with E-state index in [1.807, 2.05) is 6.07 Å². The first-order valence-electron chi connectivity index (χ1n) is 8.31. The van der Waals surface area contributed by atoms with E-state index in [1.54, 1.807) is 37.4 Å². The minimum atomic E-state index is -3.92. The zero-order valence-corrected chi connectivity index (χ0v) is 16.6. The summed E-state index contributed by atoms with van der Waals surface area (Å²) in [6, 6.07) is 13.3. The summed E-state index contributed by atoms with van der Waals surface area (Å²) < 4.78 is 33.8. The van der Waals surface area contributed by atoms with Gasteiger partial charge in [0.1, 0.15) is 0 Å². The molecular weight excluding hydrogens is 398 g/mol. The summed E-state index contributed by atoms with van der Waals surface area (Å²) in [5, 5.41) is 6.35. The zero-order valence-electron chi connectivity index (χ0n) is 15.0. The van der Waals surface area contributed by atoms with Crippen molar-refractivity contribution in [3.8, 4) is 0 Å². The second kappa shape index (κ2) is 8.91. The van der Waals surface area contributed by atoms with Gasteiger partial charge in [-0.3, -0.25) is 4.98 Å². The maximum atomic E-state index is 12.5. The van der Waals surface area contributed by atoms with E-state index in [-0.39, 0.29) is 10.7 Å². The summed E-state index contributed by atoms with van der Waals surface area (Å²) in [6.45, 7) is 1.10. The topological polar surface area (TPSA) is 107 Å². The third-order valence-corrected chi connectivity index (χ3v) is 5.19. The highest BCUT2D eigenvalue weighted by Crippen LogP contribution is 2.27. The molecule has 0 saturated heterocycles. The largest absolute Gasteiger partial charge is 0.433 e. The number of rotatable bonds is 7. The number of para-hydroxylation sites is 2. The summed E-state index contributed by atoms with van der Waals surface area (Å²) >= 11 is 5.15. The van der Waals surface area contributed by atoms with E-state index >= 15 is 0 Å². The fraction of sp³-hybridized carbons (Fsp3) is 0.167. The standard InChI is InChI=1S/C18H19N5O3S2/c1-26-11-10-19-18(27)21-13-6-8-14(9-7-13)28(24,25)23-17-12-20-15-4-2-3-5-16(15)22-17/h2-9,12H,10-11H2,1H3,(H3,19,21,22,23,27)/p-1. The molecule has 0 aliphatic heterocycles. The summed E-state index contributed by atoms with van der Waals surface area (Å²) in [7, 11) is -2.31. The van der Waals surface area contributed by atoms with Crippen LogP contribution in [0.5, 0.6) is 0 Å². The molecule has 0 unspecified atom stereocenters. The SMILES string of the molecule is COCCNC(=S)Nc1ccc(S(=O)(=O)[N-]c2cnc3ccccc3n2)cc1. The van der Waals surface area contributed by atoms with Crippen LogP contribution in [0.3, 0.4) is 0 Å². The van der Waals surface area contributed by atoms with Crippen LogP contribution in [0.4, 0.5) is 11.5 Å². The number of ether oxygens (including phenoxy) is 1. The maximum Gasteiger partial charge on any atom is 0.202 e. The lowest BCUT2D eigenvalue weighted by Crippen LogP contribution is -2.31. The van der Waals surface area contributed by atoms with Crippen molar-refractivity contribution in [1.29, 1.82) is 0 Å². The minimum Gasteiger partial charge on any atom is -0.433 e. The molecule has 10 heteroatoms. The Morgan fingerprint density at radius 3 is 2.57 bits per heavy atom. The van der Waals surface area contributed by atoms with E-state index in [1.165, 1.54) is 18.3 Å². The normalized spacial score (nSPS) is 11.2. The number of anilines is 1. The average Bonchev–Trinajstić information content (AvgIpc) is 2.68. The highest BCUT2D eigenvalue weighted by atomic mass is 32.2. The van der Waals surface area contributed by atoms with Crippen LogP contribution in [0.2, 0.25) is 0 Å². The quantitative estimate of drug-likeness (QED) is 0.447. The third-order valence-electron chi connectivity index (χ3n) is 3.65. The molecule has 0 atom stereocenters. The third kappa shape index (κ3) is 5.12. The van der Waals surface area contributed by atoms with Gasteiger partial charge in [-0.15, -0.1) is 0 Å². The van der Waals surface area contributed by atoms with Gasteiger partial charge in [-0.2, -0.15) is 0 Å². The molecule has 3 rings (SSSR count). The lowest BCUT2D eigenvalue weighted by Gasteiger charge is -2.16. The number of fused-ring (bicyclic) bond motifs is 1. The van der Waals surface area contributed by atoms with Gasteiger partial charge in [0.2, 0.25) is 10.0 Å². The molecule has 1 aromatic heterocycles. The van der Waals surface area contributed by atoms with E-state index in [2.05, 4.69) is 25.3 Å². The second-order valence-corrected chi connectivity index (χ2v) is 7.69. The maximum absolute atomic E-state index is 12.5. The molecule has 8 nitrogen and oxygen atoms in total. The predicted molar refractivity (Wildman–Crippen MR) is 112 cm³/mol. The van der Waals surface area contributed by atoms with Gasteiger partial charge in [0, 0.05) is 25.5 Å². The summed E-state index contributed by atoms with van der Waals surface area (Å²) in [4.78, 5) is 8.45. The number of benzene rings is 2. The van der Waals surface area contributed by atoms with E-state index in [9.17, 15) is 8.42 Å². The van der Waals surface area contributed by atoms with E-state index in [0.717, 1.165) is 0 Å². The first kappa shape index (κ1) is 19.9. The van der Waals surface area contributed by atoms with Gasteiger partial charge < -0.3 is 25.1 Å². The van der Waals surface area contributed by atoms with Gasteiger partial charge in [-0.1, -0.05) is 18.2 Å². The van der Waals surface area contributed by atoms with E-state index in [0.29, 0.717) is 35.0 Å². The lowest BCUT2D eigenvalue weighted by atomic mass is 10.3. The Hall–Kier alpha value is -2.82. The molecule has 0 fully saturated rings. The predicted octanol–water partition coefficient (Wildman–Crippen LogP) is 2.96. The Labute approximate surface area is 168 Å². The number of nitrogens with one attached hydrogen (secondary N) is 2. The molecular formula is C18H18N5O3S2-. The van der Waals surface area contributed by atoms with Crippen LogP contribution in [0.25, 0.3) is 15.8 Å². The molecule has 0 amide bonds. The molecule has 0 spiro atoms. The second-order valence-electron chi connectivity index (χ2n) is 5.68. The molecule has 0 aliphatic rings. The Morgan fingerprint density at radius 2 is 1.86 bits per heavy atom. The molecule has 0 saturated carbocycles. The van der Waals surface area contributed by atoms with Crippen molar-refractivity contribution in [2.45, 2.75) is 4.90 Å². The van der Waals surface area contributed by atoms with E-state index < -0.39 is 10.0 Å². The van der Waals surface area contributed by atoms with Crippen molar-refractivity contribution in [3.63, 3.8) is 0 Å². The monoisotopic (exact) mass is 416 g/mol. The molecule has 3 aromatic rings.